The van der Waals surface area contributed by atoms with Crippen LogP contribution < -0.4 is 15.2 Å². The maximum absolute atomic E-state index is 12.5. The average molecular weight is 264 g/mol. The number of hydrogen-bond donors (Lipinski definition) is 1. The average Bonchev–Trinajstić information content (AvgIpc) is 2.45. The van der Waals surface area contributed by atoms with Gasteiger partial charge in [0.05, 0.1) is 19.8 Å². The number of nitrogens with two attached hydrogens (primary N) is 1. The number of benzene rings is 1. The molecule has 2 rings (SSSR count). The second-order valence-electron chi connectivity index (χ2n) is 4.69. The molecule has 1 aliphatic heterocycles. The van der Waals surface area contributed by atoms with Crippen LogP contribution in [0.2, 0.25) is 0 Å². The molecule has 1 aromatic rings. The molecule has 5 nitrogen and oxygen atoms in total. The Morgan fingerprint density at radius 1 is 1.37 bits per heavy atom. The van der Waals surface area contributed by atoms with E-state index >= 15 is 0 Å². The third kappa shape index (κ3) is 2.81. The number of rotatable bonds is 3. The van der Waals surface area contributed by atoms with Gasteiger partial charge in [-0.15, -0.1) is 0 Å². The molecule has 0 bridgehead atoms. The van der Waals surface area contributed by atoms with Gasteiger partial charge in [0.1, 0.15) is 0 Å². The zero-order chi connectivity index (χ0) is 13.8. The number of methoxy groups -OCH3 is 2. The molecule has 1 aromatic carbocycles. The van der Waals surface area contributed by atoms with Gasteiger partial charge >= 0.3 is 0 Å². The Balaban J connectivity index is 2.28. The van der Waals surface area contributed by atoms with Crippen molar-refractivity contribution in [1.29, 1.82) is 0 Å². The largest absolute Gasteiger partial charge is 0.493 e. The molecule has 1 atom stereocenters. The van der Waals surface area contributed by atoms with Crippen LogP contribution in [0.25, 0.3) is 0 Å². The van der Waals surface area contributed by atoms with Crippen molar-refractivity contribution < 1.29 is 14.3 Å². The molecule has 19 heavy (non-hydrogen) atoms. The summed E-state index contributed by atoms with van der Waals surface area (Å²) in [6.45, 7) is 1.34. The van der Waals surface area contributed by atoms with E-state index in [2.05, 4.69) is 0 Å². The topological polar surface area (TPSA) is 64.8 Å². The van der Waals surface area contributed by atoms with Gasteiger partial charge in [0, 0.05) is 19.1 Å². The van der Waals surface area contributed by atoms with Crippen LogP contribution >= 0.6 is 0 Å². The number of carbonyl (C=O) groups excluding carboxylic acids is 1. The summed E-state index contributed by atoms with van der Waals surface area (Å²) >= 11 is 0. The number of likely N-dealkylation sites (tertiary alicyclic amines) is 1. The predicted octanol–water partition coefficient (Wildman–Crippen LogP) is 1.27. The molecular weight excluding hydrogens is 244 g/mol. The first-order valence-electron chi connectivity index (χ1n) is 6.43. The third-order valence-electron chi connectivity index (χ3n) is 3.38. The van der Waals surface area contributed by atoms with E-state index in [4.69, 9.17) is 15.2 Å². The van der Waals surface area contributed by atoms with Crippen molar-refractivity contribution >= 4 is 5.91 Å². The van der Waals surface area contributed by atoms with Crippen molar-refractivity contribution in [2.24, 2.45) is 5.73 Å². The Labute approximate surface area is 113 Å². The summed E-state index contributed by atoms with van der Waals surface area (Å²) in [7, 11) is 3.10. The molecule has 1 fully saturated rings. The lowest BCUT2D eigenvalue weighted by Crippen LogP contribution is -2.45. The Bertz CT molecular complexity index is 462. The maximum atomic E-state index is 12.5. The first kappa shape index (κ1) is 13.7. The van der Waals surface area contributed by atoms with E-state index in [1.165, 1.54) is 7.11 Å². The molecule has 0 saturated carbocycles. The lowest BCUT2D eigenvalue weighted by atomic mass is 10.0. The van der Waals surface area contributed by atoms with E-state index in [1.54, 1.807) is 30.2 Å². The Kier molecular flexibility index (Phi) is 4.27. The fourth-order valence-corrected chi connectivity index (χ4v) is 2.42. The summed E-state index contributed by atoms with van der Waals surface area (Å²) in [5, 5.41) is 0. The molecule has 5 heteroatoms. The monoisotopic (exact) mass is 264 g/mol. The van der Waals surface area contributed by atoms with Crippen molar-refractivity contribution in [1.82, 2.24) is 4.90 Å². The van der Waals surface area contributed by atoms with Crippen LogP contribution in [0.5, 0.6) is 11.5 Å². The highest BCUT2D eigenvalue weighted by Crippen LogP contribution is 2.31. The molecule has 1 saturated heterocycles. The van der Waals surface area contributed by atoms with E-state index in [0.29, 0.717) is 23.6 Å². The first-order chi connectivity index (χ1) is 9.17. The molecule has 2 N–H and O–H groups in total. The smallest absolute Gasteiger partial charge is 0.257 e. The van der Waals surface area contributed by atoms with Crippen molar-refractivity contribution in [3.63, 3.8) is 0 Å². The maximum Gasteiger partial charge on any atom is 0.257 e. The van der Waals surface area contributed by atoms with Gasteiger partial charge in [-0.05, 0) is 25.0 Å². The number of piperidine rings is 1. The van der Waals surface area contributed by atoms with E-state index in [-0.39, 0.29) is 11.9 Å². The van der Waals surface area contributed by atoms with Gasteiger partial charge < -0.3 is 20.1 Å². The van der Waals surface area contributed by atoms with Gasteiger partial charge in [-0.1, -0.05) is 6.07 Å². The van der Waals surface area contributed by atoms with Crippen molar-refractivity contribution in [2.75, 3.05) is 27.3 Å². The van der Waals surface area contributed by atoms with Crippen LogP contribution in [-0.2, 0) is 0 Å². The Morgan fingerprint density at radius 2 is 2.16 bits per heavy atom. The van der Waals surface area contributed by atoms with Crippen molar-refractivity contribution in [3.8, 4) is 11.5 Å². The number of nitrogens with zero attached hydrogens (tertiary/aromatic N) is 1. The van der Waals surface area contributed by atoms with Gasteiger partial charge in [0.25, 0.3) is 5.91 Å². The van der Waals surface area contributed by atoms with Gasteiger partial charge in [-0.3, -0.25) is 4.79 Å². The van der Waals surface area contributed by atoms with Crippen LogP contribution in [0.1, 0.15) is 23.2 Å². The molecular formula is C14H20N2O3. The summed E-state index contributed by atoms with van der Waals surface area (Å²) in [6, 6.07) is 5.38. The molecule has 0 aromatic heterocycles. The molecule has 0 spiro atoms. The molecule has 104 valence electrons. The number of hydrogen-bond acceptors (Lipinski definition) is 4. The molecule has 0 unspecified atom stereocenters. The molecule has 0 radical (unpaired) electrons. The lowest BCUT2D eigenvalue weighted by Gasteiger charge is -2.31. The summed E-state index contributed by atoms with van der Waals surface area (Å²) < 4.78 is 10.5. The van der Waals surface area contributed by atoms with Crippen LogP contribution in [-0.4, -0.2) is 44.2 Å². The van der Waals surface area contributed by atoms with Gasteiger partial charge in [0.15, 0.2) is 11.5 Å². The number of carbonyl (C=O) groups is 1. The van der Waals surface area contributed by atoms with Crippen LogP contribution in [0.3, 0.4) is 0 Å². The van der Waals surface area contributed by atoms with E-state index in [0.717, 1.165) is 19.4 Å². The highest BCUT2D eigenvalue weighted by molar-refractivity contribution is 5.97. The minimum absolute atomic E-state index is 0.0501. The van der Waals surface area contributed by atoms with Crippen molar-refractivity contribution in [2.45, 2.75) is 18.9 Å². The minimum Gasteiger partial charge on any atom is -0.493 e. The SMILES string of the molecule is COc1cccc(C(=O)N2CCC[C@@H](N)C2)c1OC. The van der Waals surface area contributed by atoms with E-state index in [9.17, 15) is 4.79 Å². The summed E-state index contributed by atoms with van der Waals surface area (Å²) in [5.74, 6) is 0.995. The highest BCUT2D eigenvalue weighted by atomic mass is 16.5. The molecule has 1 aliphatic rings. The van der Waals surface area contributed by atoms with E-state index < -0.39 is 0 Å². The molecule has 0 aliphatic carbocycles. The predicted molar refractivity (Wildman–Crippen MR) is 72.7 cm³/mol. The standard InChI is InChI=1S/C14H20N2O3/c1-18-12-7-3-6-11(13(12)19-2)14(17)16-8-4-5-10(15)9-16/h3,6-7,10H,4-5,8-9,15H2,1-2H3/t10-/m1/s1. The zero-order valence-corrected chi connectivity index (χ0v) is 11.4. The Morgan fingerprint density at radius 3 is 2.79 bits per heavy atom. The van der Waals surface area contributed by atoms with Crippen LogP contribution in [0, 0.1) is 0 Å². The second-order valence-corrected chi connectivity index (χ2v) is 4.69. The summed E-state index contributed by atoms with van der Waals surface area (Å²) in [5.41, 5.74) is 6.44. The summed E-state index contributed by atoms with van der Waals surface area (Å²) in [4.78, 5) is 14.3. The first-order valence-corrected chi connectivity index (χ1v) is 6.43. The molecule has 1 heterocycles. The fourth-order valence-electron chi connectivity index (χ4n) is 2.42. The summed E-state index contributed by atoms with van der Waals surface area (Å²) in [6.07, 6.45) is 1.91. The quantitative estimate of drug-likeness (QED) is 0.893. The van der Waals surface area contributed by atoms with E-state index in [1.807, 2.05) is 0 Å². The van der Waals surface area contributed by atoms with Gasteiger partial charge in [-0.2, -0.15) is 0 Å². The second kappa shape index (κ2) is 5.93. The number of amides is 1. The Hall–Kier alpha value is -1.75. The normalized spacial score (nSPS) is 19.1. The fraction of sp³-hybridized carbons (Fsp3) is 0.500. The number of para-hydroxylation sites is 1. The lowest BCUT2D eigenvalue weighted by molar-refractivity contribution is 0.0704. The van der Waals surface area contributed by atoms with Crippen LogP contribution in [0.4, 0.5) is 0 Å². The van der Waals surface area contributed by atoms with Crippen molar-refractivity contribution in [3.05, 3.63) is 23.8 Å². The number of ether oxygens (including phenoxy) is 2. The highest BCUT2D eigenvalue weighted by Gasteiger charge is 2.25. The van der Waals surface area contributed by atoms with Crippen LogP contribution in [0.15, 0.2) is 18.2 Å². The third-order valence-corrected chi connectivity index (χ3v) is 3.38. The van der Waals surface area contributed by atoms with Gasteiger partial charge in [0.2, 0.25) is 0 Å². The minimum atomic E-state index is -0.0501. The zero-order valence-electron chi connectivity index (χ0n) is 11.4. The molecule has 1 amide bonds. The van der Waals surface area contributed by atoms with Gasteiger partial charge in [-0.25, -0.2) is 0 Å².